The van der Waals surface area contributed by atoms with Gasteiger partial charge in [-0.15, -0.1) is 0 Å². The summed E-state index contributed by atoms with van der Waals surface area (Å²) in [5, 5.41) is 14.3. The molecular formula is C20H29N3O5. The second-order valence-electron chi connectivity index (χ2n) is 8.44. The van der Waals surface area contributed by atoms with Crippen molar-refractivity contribution < 1.29 is 19.2 Å². The first-order valence-corrected chi connectivity index (χ1v) is 9.54. The predicted molar refractivity (Wildman–Crippen MR) is 106 cm³/mol. The fraction of sp³-hybridized carbons (Fsp3) is 0.600. The summed E-state index contributed by atoms with van der Waals surface area (Å²) < 4.78 is 5.19. The minimum atomic E-state index is -1.01. The summed E-state index contributed by atoms with van der Waals surface area (Å²) in [6.07, 6.45) is 1.07. The summed E-state index contributed by atoms with van der Waals surface area (Å²) in [4.78, 5) is 37.6. The van der Waals surface area contributed by atoms with Crippen LogP contribution in [0, 0.1) is 16.0 Å². The van der Waals surface area contributed by atoms with Gasteiger partial charge >= 0.3 is 5.97 Å². The Morgan fingerprint density at radius 2 is 2.04 bits per heavy atom. The van der Waals surface area contributed by atoms with Crippen molar-refractivity contribution in [1.82, 2.24) is 5.32 Å². The molecule has 0 bridgehead atoms. The van der Waals surface area contributed by atoms with Crippen molar-refractivity contribution in [3.8, 4) is 0 Å². The summed E-state index contributed by atoms with van der Waals surface area (Å²) in [7, 11) is 0. The fourth-order valence-corrected chi connectivity index (χ4v) is 3.23. The molecule has 0 saturated carbocycles. The van der Waals surface area contributed by atoms with E-state index in [2.05, 4.69) is 12.2 Å². The van der Waals surface area contributed by atoms with Crippen LogP contribution in [-0.4, -0.2) is 41.5 Å². The van der Waals surface area contributed by atoms with Crippen molar-refractivity contribution in [3.05, 3.63) is 33.9 Å². The number of benzene rings is 1. The Balaban J connectivity index is 2.17. The quantitative estimate of drug-likeness (QED) is 0.469. The van der Waals surface area contributed by atoms with Gasteiger partial charge in [0, 0.05) is 24.7 Å². The number of carbonyl (C=O) groups is 2. The zero-order chi connectivity index (χ0) is 21.1. The molecule has 28 heavy (non-hydrogen) atoms. The molecule has 1 saturated heterocycles. The van der Waals surface area contributed by atoms with Gasteiger partial charge in [0.25, 0.3) is 11.6 Å². The molecule has 1 aromatic carbocycles. The van der Waals surface area contributed by atoms with E-state index >= 15 is 0 Å². The number of hydrogen-bond acceptors (Lipinski definition) is 6. The summed E-state index contributed by atoms with van der Waals surface area (Å²) in [6, 6.07) is 4.33. The number of rotatable bonds is 5. The van der Waals surface area contributed by atoms with Crippen molar-refractivity contribution in [1.29, 1.82) is 0 Å². The van der Waals surface area contributed by atoms with E-state index in [1.54, 1.807) is 6.07 Å². The molecule has 2 unspecified atom stereocenters. The number of anilines is 1. The molecule has 1 N–H and O–H groups in total. The van der Waals surface area contributed by atoms with Crippen LogP contribution in [0.4, 0.5) is 11.4 Å². The topological polar surface area (TPSA) is 102 Å². The van der Waals surface area contributed by atoms with Gasteiger partial charge in [-0.25, -0.2) is 4.79 Å². The van der Waals surface area contributed by atoms with Gasteiger partial charge in [-0.05, 0) is 58.6 Å². The van der Waals surface area contributed by atoms with Gasteiger partial charge in [-0.1, -0.05) is 6.92 Å². The molecule has 2 atom stereocenters. The number of amides is 1. The fourth-order valence-electron chi connectivity index (χ4n) is 3.23. The standard InChI is InChI=1S/C20H29N3O5/c1-13-7-6-10-22(12-13)16-9-8-15(11-17(16)23(26)27)19(25)28-14(2)18(24)21-20(3,4)5/h8-9,11,13-14H,6-7,10,12H2,1-5H3,(H,21,24). The first-order valence-electron chi connectivity index (χ1n) is 9.54. The second-order valence-corrected chi connectivity index (χ2v) is 8.44. The number of nitro benzene ring substituents is 1. The van der Waals surface area contributed by atoms with Gasteiger partial charge < -0.3 is 15.0 Å². The zero-order valence-corrected chi connectivity index (χ0v) is 17.2. The molecule has 154 valence electrons. The van der Waals surface area contributed by atoms with Gasteiger partial charge in [0.2, 0.25) is 0 Å². The molecule has 1 aliphatic rings. The third kappa shape index (κ3) is 5.68. The molecule has 1 heterocycles. The van der Waals surface area contributed by atoms with Crippen molar-refractivity contribution in [2.45, 2.75) is 59.1 Å². The number of carbonyl (C=O) groups excluding carboxylic acids is 2. The van der Waals surface area contributed by atoms with Crippen LogP contribution in [0.15, 0.2) is 18.2 Å². The minimum absolute atomic E-state index is 0.0518. The number of nitrogens with zero attached hydrogens (tertiary/aromatic N) is 2. The third-order valence-corrected chi connectivity index (χ3v) is 4.56. The van der Waals surface area contributed by atoms with Gasteiger partial charge in [0.15, 0.2) is 6.10 Å². The van der Waals surface area contributed by atoms with Gasteiger partial charge in [0.1, 0.15) is 5.69 Å². The van der Waals surface area contributed by atoms with E-state index < -0.39 is 28.4 Å². The summed E-state index contributed by atoms with van der Waals surface area (Å²) in [5.41, 5.74) is -0.0260. The van der Waals surface area contributed by atoms with Gasteiger partial charge in [-0.3, -0.25) is 14.9 Å². The highest BCUT2D eigenvalue weighted by atomic mass is 16.6. The zero-order valence-electron chi connectivity index (χ0n) is 17.2. The maximum absolute atomic E-state index is 12.4. The molecule has 0 spiro atoms. The lowest BCUT2D eigenvalue weighted by Gasteiger charge is -2.32. The first kappa shape index (κ1) is 21.7. The Bertz CT molecular complexity index is 757. The van der Waals surface area contributed by atoms with Crippen LogP contribution in [0.25, 0.3) is 0 Å². The largest absolute Gasteiger partial charge is 0.449 e. The lowest BCUT2D eigenvalue weighted by Crippen LogP contribution is -2.46. The Morgan fingerprint density at radius 3 is 2.61 bits per heavy atom. The smallest absolute Gasteiger partial charge is 0.339 e. The van der Waals surface area contributed by atoms with Crippen LogP contribution in [-0.2, 0) is 9.53 Å². The third-order valence-electron chi connectivity index (χ3n) is 4.56. The van der Waals surface area contributed by atoms with E-state index in [4.69, 9.17) is 4.74 Å². The van der Waals surface area contributed by atoms with E-state index in [9.17, 15) is 19.7 Å². The van der Waals surface area contributed by atoms with Crippen LogP contribution < -0.4 is 10.2 Å². The molecule has 8 nitrogen and oxygen atoms in total. The van der Waals surface area contributed by atoms with Crippen LogP contribution in [0.2, 0.25) is 0 Å². The van der Waals surface area contributed by atoms with Crippen molar-refractivity contribution >= 4 is 23.3 Å². The summed E-state index contributed by atoms with van der Waals surface area (Å²) in [5.74, 6) is -0.729. The molecule has 1 aliphatic heterocycles. The highest BCUT2D eigenvalue weighted by Gasteiger charge is 2.27. The lowest BCUT2D eigenvalue weighted by molar-refractivity contribution is -0.384. The molecular weight excluding hydrogens is 362 g/mol. The summed E-state index contributed by atoms with van der Waals surface area (Å²) >= 11 is 0. The van der Waals surface area contributed by atoms with Gasteiger partial charge in [-0.2, -0.15) is 0 Å². The van der Waals surface area contributed by atoms with Crippen LogP contribution >= 0.6 is 0 Å². The van der Waals surface area contributed by atoms with Crippen LogP contribution in [0.1, 0.15) is 57.8 Å². The van der Waals surface area contributed by atoms with E-state index in [0.717, 1.165) is 25.9 Å². The average Bonchev–Trinajstić information content (AvgIpc) is 2.59. The Morgan fingerprint density at radius 1 is 1.36 bits per heavy atom. The lowest BCUT2D eigenvalue weighted by atomic mass is 9.99. The number of ether oxygens (including phenoxy) is 1. The Hall–Kier alpha value is -2.64. The number of nitro groups is 1. The van der Waals surface area contributed by atoms with Crippen molar-refractivity contribution in [2.24, 2.45) is 5.92 Å². The Kier molecular flexibility index (Phi) is 6.64. The van der Waals surface area contributed by atoms with Crippen LogP contribution in [0.5, 0.6) is 0 Å². The maximum atomic E-state index is 12.4. The van der Waals surface area contributed by atoms with E-state index in [1.807, 2.05) is 25.7 Å². The molecule has 2 rings (SSSR count). The highest BCUT2D eigenvalue weighted by Crippen LogP contribution is 2.32. The SMILES string of the molecule is CC1CCCN(c2ccc(C(=O)OC(C)C(=O)NC(C)(C)C)cc2[N+](=O)[O-])C1. The van der Waals surface area contributed by atoms with E-state index in [1.165, 1.54) is 19.1 Å². The monoisotopic (exact) mass is 391 g/mol. The van der Waals surface area contributed by atoms with E-state index in [0.29, 0.717) is 11.6 Å². The van der Waals surface area contributed by atoms with Crippen molar-refractivity contribution in [3.63, 3.8) is 0 Å². The maximum Gasteiger partial charge on any atom is 0.339 e. The number of esters is 1. The average molecular weight is 391 g/mol. The van der Waals surface area contributed by atoms with Gasteiger partial charge in [0.05, 0.1) is 10.5 Å². The van der Waals surface area contributed by atoms with Crippen molar-refractivity contribution in [2.75, 3.05) is 18.0 Å². The second kappa shape index (κ2) is 8.58. The predicted octanol–water partition coefficient (Wildman–Crippen LogP) is 3.29. The first-order chi connectivity index (χ1) is 13.0. The van der Waals surface area contributed by atoms with E-state index in [-0.39, 0.29) is 11.3 Å². The minimum Gasteiger partial charge on any atom is -0.449 e. The molecule has 0 radical (unpaired) electrons. The number of piperidine rings is 1. The molecule has 0 aromatic heterocycles. The molecule has 1 fully saturated rings. The molecule has 8 heteroatoms. The molecule has 1 aromatic rings. The number of hydrogen-bond donors (Lipinski definition) is 1. The highest BCUT2D eigenvalue weighted by molar-refractivity contribution is 5.93. The Labute approximate surface area is 165 Å². The number of nitrogens with one attached hydrogen (secondary N) is 1. The molecule has 1 amide bonds. The normalized spacial score (nSPS) is 18.3. The van der Waals surface area contributed by atoms with Crippen LogP contribution in [0.3, 0.4) is 0 Å². The summed E-state index contributed by atoms with van der Waals surface area (Å²) in [6.45, 7) is 10.5. The molecule has 0 aliphatic carbocycles.